The van der Waals surface area contributed by atoms with Crippen molar-refractivity contribution < 1.29 is 29.3 Å². The molecular weight excluding hydrogens is 240 g/mol. The average molecular weight is 262 g/mol. The van der Waals surface area contributed by atoms with E-state index in [0.29, 0.717) is 12.8 Å². The quantitative estimate of drug-likeness (QED) is 0.548. The van der Waals surface area contributed by atoms with E-state index in [1.165, 1.54) is 0 Å². The van der Waals surface area contributed by atoms with Gasteiger partial charge in [-0.1, -0.05) is 26.7 Å². The Hall–Kier alpha value is -1.14. The van der Waals surface area contributed by atoms with Crippen LogP contribution < -0.4 is 0 Å². The third-order valence-corrected chi connectivity index (χ3v) is 2.35. The minimum Gasteiger partial charge on any atom is -0.479 e. The van der Waals surface area contributed by atoms with E-state index in [0.717, 1.165) is 12.8 Å². The van der Waals surface area contributed by atoms with Crippen LogP contribution >= 0.6 is 0 Å². The van der Waals surface area contributed by atoms with Crippen molar-refractivity contribution in [3.63, 3.8) is 0 Å². The number of aliphatic carboxylic acids is 2. The summed E-state index contributed by atoms with van der Waals surface area (Å²) in [5, 5.41) is 18.0. The van der Waals surface area contributed by atoms with Gasteiger partial charge in [-0.05, 0) is 12.8 Å². The van der Waals surface area contributed by atoms with Gasteiger partial charge in [-0.2, -0.15) is 0 Å². The monoisotopic (exact) mass is 262 g/mol. The van der Waals surface area contributed by atoms with Gasteiger partial charge in [0.25, 0.3) is 0 Å². The van der Waals surface area contributed by atoms with Crippen molar-refractivity contribution in [2.24, 2.45) is 0 Å². The Morgan fingerprint density at radius 3 is 1.44 bits per heavy atom. The fourth-order valence-corrected chi connectivity index (χ4v) is 1.29. The van der Waals surface area contributed by atoms with E-state index in [1.807, 2.05) is 13.8 Å². The molecule has 0 bridgehead atoms. The molecule has 18 heavy (non-hydrogen) atoms. The van der Waals surface area contributed by atoms with Gasteiger partial charge in [0.05, 0.1) is 0 Å². The van der Waals surface area contributed by atoms with Crippen molar-refractivity contribution >= 4 is 11.9 Å². The molecule has 0 aliphatic rings. The van der Waals surface area contributed by atoms with Crippen LogP contribution in [0.25, 0.3) is 0 Å². The van der Waals surface area contributed by atoms with E-state index in [4.69, 9.17) is 19.7 Å². The molecule has 0 aromatic rings. The van der Waals surface area contributed by atoms with Crippen molar-refractivity contribution in [1.82, 2.24) is 0 Å². The zero-order valence-corrected chi connectivity index (χ0v) is 10.9. The van der Waals surface area contributed by atoms with Crippen molar-refractivity contribution in [3.8, 4) is 0 Å². The molecule has 0 saturated heterocycles. The number of hydrogen-bond donors (Lipinski definition) is 2. The number of carbonyl (C=O) groups is 2. The highest BCUT2D eigenvalue weighted by Crippen LogP contribution is 2.08. The van der Waals surface area contributed by atoms with E-state index in [1.54, 1.807) is 0 Å². The summed E-state index contributed by atoms with van der Waals surface area (Å²) in [6.45, 7) is 4.31. The summed E-state index contributed by atoms with van der Waals surface area (Å²) >= 11 is 0. The molecule has 0 aromatic heterocycles. The van der Waals surface area contributed by atoms with Crippen LogP contribution in [0.2, 0.25) is 0 Å². The molecule has 0 unspecified atom stereocenters. The summed E-state index contributed by atoms with van der Waals surface area (Å²) in [7, 11) is 0. The fraction of sp³-hybridized carbons (Fsp3) is 0.833. The lowest BCUT2D eigenvalue weighted by Gasteiger charge is -2.21. The van der Waals surface area contributed by atoms with Crippen LogP contribution in [0, 0.1) is 0 Å². The van der Waals surface area contributed by atoms with Crippen LogP contribution in [0.5, 0.6) is 0 Å². The summed E-state index contributed by atoms with van der Waals surface area (Å²) in [4.78, 5) is 22.0. The number of ether oxygens (including phenoxy) is 2. The predicted octanol–water partition coefficient (Wildman–Crippen LogP) is 1.53. The SMILES string of the molecule is CCCCO[C@@H](C(=O)O)[C@@H](OCCCC)C(=O)O. The highest BCUT2D eigenvalue weighted by Gasteiger charge is 2.35. The topological polar surface area (TPSA) is 93.1 Å². The molecule has 0 amide bonds. The molecule has 0 heterocycles. The number of unbranched alkanes of at least 4 members (excludes halogenated alkanes) is 2. The highest BCUT2D eigenvalue weighted by atomic mass is 16.6. The maximum absolute atomic E-state index is 11.0. The Labute approximate surface area is 107 Å². The molecule has 6 heteroatoms. The summed E-state index contributed by atoms with van der Waals surface area (Å²) in [5.74, 6) is -2.62. The van der Waals surface area contributed by atoms with E-state index in [-0.39, 0.29) is 13.2 Å². The minimum atomic E-state index is -1.45. The van der Waals surface area contributed by atoms with Crippen molar-refractivity contribution in [2.45, 2.75) is 51.7 Å². The highest BCUT2D eigenvalue weighted by molar-refractivity contribution is 5.83. The van der Waals surface area contributed by atoms with E-state index in [9.17, 15) is 9.59 Å². The number of carboxylic acids is 2. The second kappa shape index (κ2) is 9.85. The van der Waals surface area contributed by atoms with Gasteiger partial charge in [-0.15, -0.1) is 0 Å². The normalized spacial score (nSPS) is 14.1. The van der Waals surface area contributed by atoms with Gasteiger partial charge < -0.3 is 19.7 Å². The smallest absolute Gasteiger partial charge is 0.336 e. The van der Waals surface area contributed by atoms with Crippen LogP contribution in [0.4, 0.5) is 0 Å². The first-order chi connectivity index (χ1) is 8.54. The first kappa shape index (κ1) is 16.9. The van der Waals surface area contributed by atoms with E-state index >= 15 is 0 Å². The zero-order chi connectivity index (χ0) is 14.0. The third-order valence-electron chi connectivity index (χ3n) is 2.35. The molecular formula is C12H22O6. The van der Waals surface area contributed by atoms with E-state index < -0.39 is 24.1 Å². The largest absolute Gasteiger partial charge is 0.479 e. The molecule has 0 rings (SSSR count). The Kier molecular flexibility index (Phi) is 9.22. The molecule has 2 N–H and O–H groups in total. The molecule has 6 nitrogen and oxygen atoms in total. The zero-order valence-electron chi connectivity index (χ0n) is 10.9. The third kappa shape index (κ3) is 6.56. The number of rotatable bonds is 11. The van der Waals surface area contributed by atoms with Gasteiger partial charge in [0.1, 0.15) is 0 Å². The van der Waals surface area contributed by atoms with Gasteiger partial charge in [-0.25, -0.2) is 9.59 Å². The Morgan fingerprint density at radius 2 is 1.22 bits per heavy atom. The summed E-state index contributed by atoms with van der Waals surface area (Å²) in [6.07, 6.45) is 0.161. The van der Waals surface area contributed by atoms with Crippen LogP contribution in [0.1, 0.15) is 39.5 Å². The summed E-state index contributed by atoms with van der Waals surface area (Å²) in [5.41, 5.74) is 0. The van der Waals surface area contributed by atoms with Gasteiger partial charge in [0, 0.05) is 13.2 Å². The van der Waals surface area contributed by atoms with Crippen molar-refractivity contribution in [3.05, 3.63) is 0 Å². The van der Waals surface area contributed by atoms with Crippen LogP contribution in [-0.2, 0) is 19.1 Å². The fourth-order valence-electron chi connectivity index (χ4n) is 1.29. The Balaban J connectivity index is 4.45. The van der Waals surface area contributed by atoms with Crippen LogP contribution in [0.15, 0.2) is 0 Å². The van der Waals surface area contributed by atoms with Crippen molar-refractivity contribution in [2.75, 3.05) is 13.2 Å². The van der Waals surface area contributed by atoms with Crippen LogP contribution in [-0.4, -0.2) is 47.6 Å². The first-order valence-corrected chi connectivity index (χ1v) is 6.23. The molecule has 0 saturated carbocycles. The van der Waals surface area contributed by atoms with Crippen molar-refractivity contribution in [1.29, 1.82) is 0 Å². The summed E-state index contributed by atoms with van der Waals surface area (Å²) < 4.78 is 10.2. The second-order valence-corrected chi connectivity index (χ2v) is 3.97. The molecule has 0 fully saturated rings. The molecule has 0 aliphatic carbocycles. The van der Waals surface area contributed by atoms with Gasteiger partial charge in [0.15, 0.2) is 12.2 Å². The molecule has 0 spiro atoms. The molecule has 0 aromatic carbocycles. The van der Waals surface area contributed by atoms with Gasteiger partial charge in [0.2, 0.25) is 0 Å². The second-order valence-electron chi connectivity index (χ2n) is 3.97. The molecule has 0 radical (unpaired) electrons. The van der Waals surface area contributed by atoms with E-state index in [2.05, 4.69) is 0 Å². The van der Waals surface area contributed by atoms with Gasteiger partial charge >= 0.3 is 11.9 Å². The van der Waals surface area contributed by atoms with Gasteiger partial charge in [-0.3, -0.25) is 0 Å². The maximum atomic E-state index is 11.0. The average Bonchev–Trinajstić information content (AvgIpc) is 2.31. The lowest BCUT2D eigenvalue weighted by Crippen LogP contribution is -2.44. The lowest BCUT2D eigenvalue weighted by atomic mass is 10.2. The molecule has 2 atom stereocenters. The first-order valence-electron chi connectivity index (χ1n) is 6.23. The number of carboxylic acid groups (broad SMARTS) is 2. The number of hydrogen-bond acceptors (Lipinski definition) is 4. The predicted molar refractivity (Wildman–Crippen MR) is 64.6 cm³/mol. The molecule has 106 valence electrons. The summed E-state index contributed by atoms with van der Waals surface area (Å²) in [6, 6.07) is 0. The molecule has 0 aliphatic heterocycles. The standard InChI is InChI=1S/C12H22O6/c1-3-5-7-17-9(11(13)14)10(12(15)16)18-8-6-4-2/h9-10H,3-8H2,1-2H3,(H,13,14)(H,15,16)/t9-,10-/m1/s1. The lowest BCUT2D eigenvalue weighted by molar-refractivity contribution is -0.176. The Bertz CT molecular complexity index is 227. The van der Waals surface area contributed by atoms with Crippen LogP contribution in [0.3, 0.4) is 0 Å². The minimum absolute atomic E-state index is 0.217. The Morgan fingerprint density at radius 1 is 0.889 bits per heavy atom. The maximum Gasteiger partial charge on any atom is 0.336 e.